The van der Waals surface area contributed by atoms with E-state index in [1.54, 1.807) is 23.2 Å². The van der Waals surface area contributed by atoms with Gasteiger partial charge in [0.25, 0.3) is 0 Å². The second-order valence-electron chi connectivity index (χ2n) is 7.08. The number of aryl methyl sites for hydroxylation is 1. The fraction of sp³-hybridized carbons (Fsp3) is 0.318. The predicted molar refractivity (Wildman–Crippen MR) is 117 cm³/mol. The topological polar surface area (TPSA) is 86.8 Å². The molecule has 0 bridgehead atoms. The standard InChI is InChI=1S/C22H27N5O3/c1-4-19-17(15-26-10-12-27(13-11-26)22(29)30-3)6-5-7-20(19)25-21(28)24-18-9-8-16(2)23-14-18/h4-9,14H,1,10-13,15H2,2-3H3,(H2,24,25,28). The van der Waals surface area contributed by atoms with Crippen LogP contribution in [0.5, 0.6) is 0 Å². The number of amides is 3. The van der Waals surface area contributed by atoms with E-state index in [-0.39, 0.29) is 12.1 Å². The molecule has 3 rings (SSSR count). The number of hydrogen-bond donors (Lipinski definition) is 2. The summed E-state index contributed by atoms with van der Waals surface area (Å²) >= 11 is 0. The van der Waals surface area contributed by atoms with Gasteiger partial charge in [-0.25, -0.2) is 9.59 Å². The first-order chi connectivity index (χ1) is 14.5. The maximum Gasteiger partial charge on any atom is 0.409 e. The molecule has 2 aromatic rings. The van der Waals surface area contributed by atoms with E-state index in [9.17, 15) is 9.59 Å². The van der Waals surface area contributed by atoms with Crippen LogP contribution in [-0.2, 0) is 11.3 Å². The molecule has 3 amide bonds. The van der Waals surface area contributed by atoms with Gasteiger partial charge in [0.1, 0.15) is 0 Å². The van der Waals surface area contributed by atoms with E-state index in [1.807, 2.05) is 31.2 Å². The van der Waals surface area contributed by atoms with Gasteiger partial charge >= 0.3 is 12.1 Å². The number of piperazine rings is 1. The SMILES string of the molecule is C=Cc1c(CN2CCN(C(=O)OC)CC2)cccc1NC(=O)Nc1ccc(C)nc1. The normalized spacial score (nSPS) is 14.1. The van der Waals surface area contributed by atoms with Gasteiger partial charge in [0.05, 0.1) is 19.0 Å². The molecular formula is C22H27N5O3. The van der Waals surface area contributed by atoms with E-state index in [4.69, 9.17) is 4.74 Å². The molecule has 1 aromatic heterocycles. The molecule has 0 spiro atoms. The number of urea groups is 1. The molecule has 1 aromatic carbocycles. The van der Waals surface area contributed by atoms with Crippen molar-refractivity contribution in [1.82, 2.24) is 14.8 Å². The number of anilines is 2. The summed E-state index contributed by atoms with van der Waals surface area (Å²) in [6, 6.07) is 9.09. The Morgan fingerprint density at radius 1 is 1.17 bits per heavy atom. The van der Waals surface area contributed by atoms with Crippen LogP contribution in [0, 0.1) is 6.92 Å². The molecule has 0 aliphatic carbocycles. The number of benzene rings is 1. The predicted octanol–water partition coefficient (Wildman–Crippen LogP) is 3.56. The number of carbonyl (C=O) groups excluding carboxylic acids is 2. The number of hydrogen-bond acceptors (Lipinski definition) is 5. The average molecular weight is 409 g/mol. The Labute approximate surface area is 176 Å². The summed E-state index contributed by atoms with van der Waals surface area (Å²) in [6.07, 6.45) is 3.08. The van der Waals surface area contributed by atoms with Gasteiger partial charge in [-0.15, -0.1) is 0 Å². The van der Waals surface area contributed by atoms with Gasteiger partial charge < -0.3 is 20.3 Å². The van der Waals surface area contributed by atoms with Crippen molar-refractivity contribution in [2.75, 3.05) is 43.9 Å². The van der Waals surface area contributed by atoms with Crippen LogP contribution >= 0.6 is 0 Å². The first kappa shape index (κ1) is 21.3. The third kappa shape index (κ3) is 5.36. The molecule has 0 radical (unpaired) electrons. The van der Waals surface area contributed by atoms with Crippen LogP contribution in [0.15, 0.2) is 43.1 Å². The van der Waals surface area contributed by atoms with E-state index in [2.05, 4.69) is 27.1 Å². The number of methoxy groups -OCH3 is 1. The maximum absolute atomic E-state index is 12.4. The van der Waals surface area contributed by atoms with Gasteiger partial charge in [0, 0.05) is 49.7 Å². The van der Waals surface area contributed by atoms with Crippen LogP contribution in [-0.4, -0.2) is 60.2 Å². The molecule has 2 N–H and O–H groups in total. The molecule has 30 heavy (non-hydrogen) atoms. The lowest BCUT2D eigenvalue weighted by atomic mass is 10.0. The van der Waals surface area contributed by atoms with Gasteiger partial charge in [-0.05, 0) is 30.7 Å². The Bertz CT molecular complexity index is 905. The highest BCUT2D eigenvalue weighted by Crippen LogP contribution is 2.24. The van der Waals surface area contributed by atoms with Crippen molar-refractivity contribution in [2.24, 2.45) is 0 Å². The lowest BCUT2D eigenvalue weighted by Gasteiger charge is -2.34. The molecular weight excluding hydrogens is 382 g/mol. The molecule has 8 nitrogen and oxygen atoms in total. The largest absolute Gasteiger partial charge is 0.453 e. The Morgan fingerprint density at radius 2 is 1.93 bits per heavy atom. The second-order valence-corrected chi connectivity index (χ2v) is 7.08. The van der Waals surface area contributed by atoms with Crippen LogP contribution in [0.1, 0.15) is 16.8 Å². The summed E-state index contributed by atoms with van der Waals surface area (Å²) in [7, 11) is 1.40. The molecule has 1 fully saturated rings. The Balaban J connectivity index is 1.64. The van der Waals surface area contributed by atoms with E-state index >= 15 is 0 Å². The Morgan fingerprint density at radius 3 is 2.57 bits per heavy atom. The van der Waals surface area contributed by atoms with Crippen molar-refractivity contribution in [3.63, 3.8) is 0 Å². The zero-order chi connectivity index (χ0) is 21.5. The van der Waals surface area contributed by atoms with Crippen molar-refractivity contribution < 1.29 is 14.3 Å². The quantitative estimate of drug-likeness (QED) is 0.789. The number of ether oxygens (including phenoxy) is 1. The number of carbonyl (C=O) groups is 2. The summed E-state index contributed by atoms with van der Waals surface area (Å²) in [6.45, 7) is 9.28. The van der Waals surface area contributed by atoms with Crippen LogP contribution in [0.3, 0.4) is 0 Å². The van der Waals surface area contributed by atoms with Crippen LogP contribution in [0.4, 0.5) is 21.0 Å². The lowest BCUT2D eigenvalue weighted by Crippen LogP contribution is -2.48. The highest BCUT2D eigenvalue weighted by molar-refractivity contribution is 6.01. The second kappa shape index (κ2) is 9.89. The van der Waals surface area contributed by atoms with Crippen molar-refractivity contribution >= 4 is 29.6 Å². The lowest BCUT2D eigenvalue weighted by molar-refractivity contribution is 0.0889. The smallest absolute Gasteiger partial charge is 0.409 e. The molecule has 2 heterocycles. The minimum absolute atomic E-state index is 0.289. The number of rotatable bonds is 5. The minimum atomic E-state index is -0.340. The van der Waals surface area contributed by atoms with E-state index in [1.165, 1.54) is 7.11 Å². The Kier molecular flexibility index (Phi) is 7.03. The first-order valence-electron chi connectivity index (χ1n) is 9.80. The third-order valence-corrected chi connectivity index (χ3v) is 5.02. The van der Waals surface area contributed by atoms with Crippen molar-refractivity contribution in [1.29, 1.82) is 0 Å². The van der Waals surface area contributed by atoms with E-state index in [0.29, 0.717) is 31.0 Å². The zero-order valence-electron chi connectivity index (χ0n) is 17.4. The Hall–Kier alpha value is -3.39. The van der Waals surface area contributed by atoms with E-state index < -0.39 is 0 Å². The highest BCUT2D eigenvalue weighted by Gasteiger charge is 2.22. The highest BCUT2D eigenvalue weighted by atomic mass is 16.5. The molecule has 0 atom stereocenters. The van der Waals surface area contributed by atoms with E-state index in [0.717, 1.165) is 29.9 Å². The summed E-state index contributed by atoms with van der Waals surface area (Å²) in [5.41, 5.74) is 4.14. The fourth-order valence-corrected chi connectivity index (χ4v) is 3.39. The fourth-order valence-electron chi connectivity index (χ4n) is 3.39. The average Bonchev–Trinajstić information content (AvgIpc) is 2.75. The summed E-state index contributed by atoms with van der Waals surface area (Å²) in [5.74, 6) is 0. The monoisotopic (exact) mass is 409 g/mol. The van der Waals surface area contributed by atoms with Crippen molar-refractivity contribution in [3.05, 3.63) is 59.9 Å². The molecule has 158 valence electrons. The summed E-state index contributed by atoms with van der Waals surface area (Å²) in [4.78, 5) is 32.2. The number of nitrogens with zero attached hydrogens (tertiary/aromatic N) is 3. The molecule has 1 aliphatic rings. The summed E-state index contributed by atoms with van der Waals surface area (Å²) in [5, 5.41) is 5.68. The first-order valence-corrected chi connectivity index (χ1v) is 9.80. The van der Waals surface area contributed by atoms with Crippen LogP contribution in [0.2, 0.25) is 0 Å². The molecule has 1 saturated heterocycles. The molecule has 1 aliphatic heterocycles. The van der Waals surface area contributed by atoms with Crippen molar-refractivity contribution in [3.8, 4) is 0 Å². The van der Waals surface area contributed by atoms with Gasteiger partial charge in [0.2, 0.25) is 0 Å². The molecule has 0 saturated carbocycles. The number of nitrogens with one attached hydrogen (secondary N) is 2. The van der Waals surface area contributed by atoms with Gasteiger partial charge in [-0.1, -0.05) is 24.8 Å². The number of pyridine rings is 1. The van der Waals surface area contributed by atoms with Gasteiger partial charge in [-0.3, -0.25) is 9.88 Å². The molecule has 0 unspecified atom stereocenters. The van der Waals surface area contributed by atoms with Crippen LogP contribution < -0.4 is 10.6 Å². The number of aromatic nitrogens is 1. The minimum Gasteiger partial charge on any atom is -0.453 e. The van der Waals surface area contributed by atoms with Crippen LogP contribution in [0.25, 0.3) is 6.08 Å². The van der Waals surface area contributed by atoms with Gasteiger partial charge in [0.15, 0.2) is 0 Å². The summed E-state index contributed by atoms with van der Waals surface area (Å²) < 4.78 is 4.79. The van der Waals surface area contributed by atoms with Crippen molar-refractivity contribution in [2.45, 2.75) is 13.5 Å². The zero-order valence-corrected chi connectivity index (χ0v) is 17.4. The maximum atomic E-state index is 12.4. The molecule has 8 heteroatoms. The third-order valence-electron chi connectivity index (χ3n) is 5.02. The van der Waals surface area contributed by atoms with Gasteiger partial charge in [-0.2, -0.15) is 0 Å².